The molecule has 5 rings (SSSR count). The van der Waals surface area contributed by atoms with E-state index in [2.05, 4.69) is 21.9 Å². The van der Waals surface area contributed by atoms with Crippen LogP contribution in [0.1, 0.15) is 12.0 Å². The number of nitrogens with one attached hydrogen (secondary N) is 2. The molecule has 1 fully saturated rings. The summed E-state index contributed by atoms with van der Waals surface area (Å²) in [6.07, 6.45) is -0.0992. The number of rotatable bonds is 9. The van der Waals surface area contributed by atoms with E-state index in [9.17, 15) is 14.4 Å². The second-order valence-corrected chi connectivity index (χ2v) is 8.78. The van der Waals surface area contributed by atoms with E-state index < -0.39 is 23.4 Å². The number of barbiturate groups is 1. The number of carbonyl (C=O) groups is 3. The molecular weight excluding hydrogens is 516 g/mol. The third-order valence-electron chi connectivity index (χ3n) is 6.13. The first-order chi connectivity index (χ1) is 19.4. The predicted octanol–water partition coefficient (Wildman–Crippen LogP) is 4.19. The van der Waals surface area contributed by atoms with Crippen molar-refractivity contribution < 1.29 is 33.1 Å². The van der Waals surface area contributed by atoms with Crippen LogP contribution in [0.3, 0.4) is 0 Å². The maximum absolute atomic E-state index is 12.6. The Morgan fingerprint density at radius 2 is 1.52 bits per heavy atom. The fraction of sp³-hybridized carbons (Fsp3) is 0.138. The number of benzene rings is 3. The predicted molar refractivity (Wildman–Crippen MR) is 140 cm³/mol. The molecule has 11 heteroatoms. The highest BCUT2D eigenvalue weighted by atomic mass is 16.5. The second kappa shape index (κ2) is 11.1. The molecule has 0 aliphatic carbocycles. The first kappa shape index (κ1) is 26.1. The van der Waals surface area contributed by atoms with Gasteiger partial charge in [0.2, 0.25) is 0 Å². The van der Waals surface area contributed by atoms with Crippen LogP contribution < -0.4 is 20.1 Å². The van der Waals surface area contributed by atoms with E-state index in [0.717, 1.165) is 11.1 Å². The van der Waals surface area contributed by atoms with Crippen LogP contribution in [0.25, 0.3) is 22.6 Å². The van der Waals surface area contributed by atoms with Crippen LogP contribution in [-0.2, 0) is 14.3 Å². The van der Waals surface area contributed by atoms with Gasteiger partial charge in [0.25, 0.3) is 17.4 Å². The van der Waals surface area contributed by atoms with Gasteiger partial charge in [0, 0.05) is 30.7 Å². The molecule has 0 unspecified atom stereocenters. The molecule has 0 radical (unpaired) electrons. The van der Waals surface area contributed by atoms with Crippen LogP contribution in [0.15, 0.2) is 83.4 Å². The summed E-state index contributed by atoms with van der Waals surface area (Å²) in [6, 6.07) is 23.6. The zero-order valence-electron chi connectivity index (χ0n) is 21.2. The van der Waals surface area contributed by atoms with Crippen molar-refractivity contribution in [3.63, 3.8) is 0 Å². The van der Waals surface area contributed by atoms with Gasteiger partial charge in [0.15, 0.2) is 5.76 Å². The van der Waals surface area contributed by atoms with E-state index in [1.807, 2.05) is 18.2 Å². The van der Waals surface area contributed by atoms with Crippen LogP contribution in [0.5, 0.6) is 17.2 Å². The Hall–Kier alpha value is -5.47. The Morgan fingerprint density at radius 3 is 2.17 bits per heavy atom. The maximum atomic E-state index is 12.6. The number of hydrogen-bond donors (Lipinski definition) is 2. The van der Waals surface area contributed by atoms with Crippen LogP contribution in [0.4, 0.5) is 4.79 Å². The van der Waals surface area contributed by atoms with E-state index in [1.54, 1.807) is 60.7 Å². The average Bonchev–Trinajstić information content (AvgIpc) is 3.46. The Balaban J connectivity index is 1.26. The Bertz CT molecular complexity index is 1580. The molecule has 1 aliphatic heterocycles. The van der Waals surface area contributed by atoms with Gasteiger partial charge in [-0.3, -0.25) is 20.2 Å². The summed E-state index contributed by atoms with van der Waals surface area (Å²) in [5.41, 5.74) is 0.768. The van der Waals surface area contributed by atoms with Crippen molar-refractivity contribution in [3.8, 4) is 45.9 Å². The van der Waals surface area contributed by atoms with Crippen molar-refractivity contribution >= 4 is 17.8 Å². The summed E-state index contributed by atoms with van der Waals surface area (Å²) in [4.78, 5) is 36.6. The molecular formula is C29H22N4O7. The fourth-order valence-corrected chi connectivity index (χ4v) is 4.05. The highest BCUT2D eigenvalue weighted by Gasteiger charge is 2.52. The summed E-state index contributed by atoms with van der Waals surface area (Å²) in [5.74, 6) is 0.0878. The monoisotopic (exact) mass is 538 g/mol. The smallest absolute Gasteiger partial charge is 0.328 e. The van der Waals surface area contributed by atoms with E-state index in [1.165, 1.54) is 7.11 Å². The van der Waals surface area contributed by atoms with E-state index in [0.29, 0.717) is 28.5 Å². The summed E-state index contributed by atoms with van der Waals surface area (Å²) in [5, 5.41) is 17.4. The second-order valence-electron chi connectivity index (χ2n) is 8.78. The summed E-state index contributed by atoms with van der Waals surface area (Å²) < 4.78 is 22.2. The van der Waals surface area contributed by atoms with Gasteiger partial charge in [0.1, 0.15) is 22.9 Å². The molecule has 0 spiro atoms. The van der Waals surface area contributed by atoms with Gasteiger partial charge >= 0.3 is 6.03 Å². The van der Waals surface area contributed by atoms with Crippen molar-refractivity contribution in [2.75, 3.05) is 13.7 Å². The summed E-state index contributed by atoms with van der Waals surface area (Å²) in [6.45, 7) is 0.0516. The highest BCUT2D eigenvalue weighted by Crippen LogP contribution is 2.31. The summed E-state index contributed by atoms with van der Waals surface area (Å²) >= 11 is 0. The number of hydrogen-bond acceptors (Lipinski definition) is 9. The van der Waals surface area contributed by atoms with Crippen molar-refractivity contribution in [1.29, 1.82) is 5.26 Å². The summed E-state index contributed by atoms with van der Waals surface area (Å²) in [7, 11) is 1.43. The molecule has 0 bridgehead atoms. The number of ether oxygens (including phenoxy) is 3. The van der Waals surface area contributed by atoms with Gasteiger partial charge in [-0.25, -0.2) is 4.79 Å². The van der Waals surface area contributed by atoms with Gasteiger partial charge < -0.3 is 18.7 Å². The van der Waals surface area contributed by atoms with E-state index in [4.69, 9.17) is 24.0 Å². The number of methoxy groups -OCH3 is 1. The first-order valence-electron chi connectivity index (χ1n) is 12.1. The van der Waals surface area contributed by atoms with Crippen LogP contribution >= 0.6 is 0 Å². The number of aromatic nitrogens is 1. The standard InChI is InChI=1S/C29H22N4O7/c1-37-14-13-29(26(34)31-28(36)32-27(29)35)39-23-11-9-22(10-12-23)38-21-7-5-19(6-8-21)25-16-24(33-40-25)20-4-2-3-18(15-20)17-30/h2-12,15-16H,13-14H2,1H3,(H2,31,32,34,35,36). The Morgan fingerprint density at radius 1 is 0.875 bits per heavy atom. The zero-order valence-corrected chi connectivity index (χ0v) is 21.2. The average molecular weight is 539 g/mol. The minimum atomic E-state index is -1.96. The normalized spacial score (nSPS) is 14.2. The molecule has 4 aromatic rings. The topological polar surface area (TPSA) is 153 Å². The minimum Gasteiger partial charge on any atom is -0.467 e. The lowest BCUT2D eigenvalue weighted by molar-refractivity contribution is -0.153. The molecule has 4 amide bonds. The molecule has 0 saturated carbocycles. The lowest BCUT2D eigenvalue weighted by Gasteiger charge is -2.34. The molecule has 40 heavy (non-hydrogen) atoms. The molecule has 200 valence electrons. The molecule has 3 aromatic carbocycles. The number of carbonyl (C=O) groups excluding carboxylic acids is 3. The number of imide groups is 2. The molecule has 0 atom stereocenters. The molecule has 1 aromatic heterocycles. The molecule has 11 nitrogen and oxygen atoms in total. The minimum absolute atomic E-state index is 0.0516. The van der Waals surface area contributed by atoms with Crippen molar-refractivity contribution in [2.24, 2.45) is 0 Å². The van der Waals surface area contributed by atoms with Gasteiger partial charge in [-0.1, -0.05) is 17.3 Å². The lowest BCUT2D eigenvalue weighted by Crippen LogP contribution is -2.69. The van der Waals surface area contributed by atoms with Crippen molar-refractivity contribution in [1.82, 2.24) is 15.8 Å². The van der Waals surface area contributed by atoms with Crippen LogP contribution in [0, 0.1) is 11.3 Å². The van der Waals surface area contributed by atoms with E-state index in [-0.39, 0.29) is 18.8 Å². The number of nitriles is 1. The first-order valence-corrected chi connectivity index (χ1v) is 12.1. The Labute approximate surface area is 228 Å². The zero-order chi connectivity index (χ0) is 28.1. The molecule has 1 aliphatic rings. The molecule has 2 heterocycles. The van der Waals surface area contributed by atoms with Crippen molar-refractivity contribution in [2.45, 2.75) is 12.0 Å². The third-order valence-corrected chi connectivity index (χ3v) is 6.13. The number of urea groups is 1. The number of amides is 4. The quantitative estimate of drug-likeness (QED) is 0.299. The largest absolute Gasteiger partial charge is 0.467 e. The van der Waals surface area contributed by atoms with Crippen LogP contribution in [-0.4, -0.2) is 42.3 Å². The van der Waals surface area contributed by atoms with Gasteiger partial charge in [-0.2, -0.15) is 5.26 Å². The van der Waals surface area contributed by atoms with Crippen LogP contribution in [0.2, 0.25) is 0 Å². The maximum Gasteiger partial charge on any atom is 0.328 e. The number of nitrogens with zero attached hydrogens (tertiary/aromatic N) is 2. The van der Waals surface area contributed by atoms with E-state index >= 15 is 0 Å². The SMILES string of the molecule is COCCC1(Oc2ccc(Oc3ccc(-c4cc(-c5cccc(C#N)c5)no4)cc3)cc2)C(=O)NC(=O)NC1=O. The van der Waals surface area contributed by atoms with Gasteiger partial charge in [-0.05, 0) is 60.7 Å². The lowest BCUT2D eigenvalue weighted by atomic mass is 9.95. The molecule has 2 N–H and O–H groups in total. The third kappa shape index (κ3) is 5.38. The fourth-order valence-electron chi connectivity index (χ4n) is 4.05. The van der Waals surface area contributed by atoms with Gasteiger partial charge in [0.05, 0.1) is 18.2 Å². The van der Waals surface area contributed by atoms with Crippen molar-refractivity contribution in [3.05, 3.63) is 84.4 Å². The Kier molecular flexibility index (Phi) is 7.26. The highest BCUT2D eigenvalue weighted by molar-refractivity contribution is 6.21. The van der Waals surface area contributed by atoms with Gasteiger partial charge in [-0.15, -0.1) is 0 Å². The molecule has 1 saturated heterocycles.